The molecule has 3 heteroatoms. The van der Waals surface area contributed by atoms with E-state index in [0.717, 1.165) is 5.56 Å². The van der Waals surface area contributed by atoms with Gasteiger partial charge < -0.3 is 10.8 Å². The molecule has 0 aromatic heterocycles. The molecular weight excluding hydrogens is 214 g/mol. The van der Waals surface area contributed by atoms with Crippen molar-refractivity contribution < 1.29 is 9.90 Å². The first-order chi connectivity index (χ1) is 8.04. The van der Waals surface area contributed by atoms with Crippen LogP contribution in [0, 0.1) is 5.92 Å². The van der Waals surface area contributed by atoms with Gasteiger partial charge in [-0.2, -0.15) is 0 Å². The summed E-state index contributed by atoms with van der Waals surface area (Å²) in [6, 6.07) is 8.17. The molecule has 0 heterocycles. The molecule has 0 fully saturated rings. The third-order valence-electron chi connectivity index (χ3n) is 2.99. The lowest BCUT2D eigenvalue weighted by Gasteiger charge is -2.12. The summed E-state index contributed by atoms with van der Waals surface area (Å²) in [5.41, 5.74) is 7.76. The van der Waals surface area contributed by atoms with E-state index in [-0.39, 0.29) is 5.92 Å². The topological polar surface area (TPSA) is 63.3 Å². The molecule has 0 saturated heterocycles. The van der Waals surface area contributed by atoms with Gasteiger partial charge in [0.25, 0.3) is 0 Å². The molecule has 0 bridgehead atoms. The third-order valence-corrected chi connectivity index (χ3v) is 2.99. The number of hydrogen-bond donors (Lipinski definition) is 2. The molecule has 1 aromatic carbocycles. The quantitative estimate of drug-likeness (QED) is 0.795. The van der Waals surface area contributed by atoms with Crippen molar-refractivity contribution in [2.45, 2.75) is 32.6 Å². The summed E-state index contributed by atoms with van der Waals surface area (Å²) in [5.74, 6) is -0.628. The van der Waals surface area contributed by atoms with Crippen LogP contribution in [-0.2, 0) is 11.2 Å². The fourth-order valence-electron chi connectivity index (χ4n) is 1.84. The van der Waals surface area contributed by atoms with Gasteiger partial charge in [-0.3, -0.25) is 4.79 Å². The van der Waals surface area contributed by atoms with E-state index < -0.39 is 5.97 Å². The van der Waals surface area contributed by atoms with Gasteiger partial charge in [-0.05, 0) is 36.4 Å². The molecule has 1 rings (SSSR count). The molecule has 0 saturated carbocycles. The minimum Gasteiger partial charge on any atom is -0.481 e. The maximum atomic E-state index is 11.0. The number of carboxylic acid groups (broad SMARTS) is 1. The second-order valence-corrected chi connectivity index (χ2v) is 4.71. The molecule has 0 aliphatic rings. The van der Waals surface area contributed by atoms with E-state index in [4.69, 9.17) is 10.8 Å². The van der Waals surface area contributed by atoms with Gasteiger partial charge in [0.05, 0.1) is 5.92 Å². The molecule has 0 aliphatic carbocycles. The number of carbonyl (C=O) groups is 1. The molecule has 0 spiro atoms. The molecule has 3 N–H and O–H groups in total. The zero-order valence-electron chi connectivity index (χ0n) is 10.5. The Morgan fingerprint density at radius 3 is 2.29 bits per heavy atom. The average Bonchev–Trinajstić information content (AvgIpc) is 2.29. The average molecular weight is 235 g/mol. The highest BCUT2D eigenvalue weighted by atomic mass is 16.4. The lowest BCUT2D eigenvalue weighted by Crippen LogP contribution is -2.20. The Bertz CT molecular complexity index is 357. The summed E-state index contributed by atoms with van der Waals surface area (Å²) in [5, 5.41) is 9.05. The molecule has 3 nitrogen and oxygen atoms in total. The summed E-state index contributed by atoms with van der Waals surface area (Å²) in [4.78, 5) is 11.0. The van der Waals surface area contributed by atoms with Crippen LogP contribution in [0.4, 0.5) is 0 Å². The van der Waals surface area contributed by atoms with Crippen LogP contribution in [0.25, 0.3) is 0 Å². The maximum absolute atomic E-state index is 11.0. The van der Waals surface area contributed by atoms with E-state index in [2.05, 4.69) is 26.0 Å². The van der Waals surface area contributed by atoms with E-state index in [9.17, 15) is 4.79 Å². The summed E-state index contributed by atoms with van der Waals surface area (Å²) in [7, 11) is 0. The molecule has 1 aromatic rings. The predicted octanol–water partition coefficient (Wildman–Crippen LogP) is 2.40. The number of nitrogens with two attached hydrogens (primary N) is 1. The maximum Gasteiger partial charge on any atom is 0.306 e. The zero-order chi connectivity index (χ0) is 12.8. The number of hydrogen-bond acceptors (Lipinski definition) is 2. The molecule has 0 amide bonds. The van der Waals surface area contributed by atoms with Crippen molar-refractivity contribution in [1.82, 2.24) is 0 Å². The van der Waals surface area contributed by atoms with E-state index in [1.165, 1.54) is 5.56 Å². The van der Waals surface area contributed by atoms with Crippen molar-refractivity contribution in [3.05, 3.63) is 35.4 Å². The molecule has 17 heavy (non-hydrogen) atoms. The summed E-state index contributed by atoms with van der Waals surface area (Å²) < 4.78 is 0. The first kappa shape index (κ1) is 13.7. The molecule has 1 unspecified atom stereocenters. The Morgan fingerprint density at radius 1 is 1.29 bits per heavy atom. The second-order valence-electron chi connectivity index (χ2n) is 4.71. The Hall–Kier alpha value is -1.35. The molecular formula is C14H21NO2. The zero-order valence-corrected chi connectivity index (χ0v) is 10.5. The van der Waals surface area contributed by atoms with Gasteiger partial charge >= 0.3 is 5.97 Å². The highest BCUT2D eigenvalue weighted by molar-refractivity contribution is 5.70. The van der Waals surface area contributed by atoms with Crippen LogP contribution in [0.3, 0.4) is 0 Å². The summed E-state index contributed by atoms with van der Waals surface area (Å²) >= 11 is 0. The fraction of sp³-hybridized carbons (Fsp3) is 0.500. The number of aliphatic carboxylic acids is 1. The third kappa shape index (κ3) is 4.19. The monoisotopic (exact) mass is 235 g/mol. The van der Waals surface area contributed by atoms with Crippen molar-refractivity contribution in [3.8, 4) is 0 Å². The minimum absolute atomic E-state index is 0.370. The van der Waals surface area contributed by atoms with Crippen molar-refractivity contribution in [2.75, 3.05) is 6.54 Å². The number of benzene rings is 1. The Kier molecular flexibility index (Phi) is 5.16. The van der Waals surface area contributed by atoms with E-state index in [1.807, 2.05) is 12.1 Å². The Balaban J connectivity index is 2.70. The van der Waals surface area contributed by atoms with Gasteiger partial charge in [0.2, 0.25) is 0 Å². The van der Waals surface area contributed by atoms with Gasteiger partial charge in [0.15, 0.2) is 0 Å². The fourth-order valence-corrected chi connectivity index (χ4v) is 1.84. The number of rotatable bonds is 6. The Labute approximate surface area is 103 Å². The predicted molar refractivity (Wildman–Crippen MR) is 69.0 cm³/mol. The standard InChI is InChI=1S/C14H21NO2/c1-10(2)12-5-3-11(4-6-12)9-13(7-8-15)14(16)17/h3-6,10,13H,7-9,15H2,1-2H3,(H,16,17). The first-order valence-corrected chi connectivity index (χ1v) is 6.06. The molecule has 0 aliphatic heterocycles. The van der Waals surface area contributed by atoms with Gasteiger partial charge in [0.1, 0.15) is 0 Å². The minimum atomic E-state index is -0.761. The first-order valence-electron chi connectivity index (χ1n) is 6.06. The molecule has 94 valence electrons. The smallest absolute Gasteiger partial charge is 0.306 e. The lowest BCUT2D eigenvalue weighted by atomic mass is 9.94. The van der Waals surface area contributed by atoms with Crippen LogP contribution in [-0.4, -0.2) is 17.6 Å². The lowest BCUT2D eigenvalue weighted by molar-refractivity contribution is -0.141. The van der Waals surface area contributed by atoms with Gasteiger partial charge in [-0.15, -0.1) is 0 Å². The van der Waals surface area contributed by atoms with Gasteiger partial charge in [-0.1, -0.05) is 38.1 Å². The summed E-state index contributed by atoms with van der Waals surface area (Å²) in [6.45, 7) is 4.70. The molecule has 1 atom stereocenters. The van der Waals surface area contributed by atoms with Crippen molar-refractivity contribution in [2.24, 2.45) is 11.7 Å². The summed E-state index contributed by atoms with van der Waals surface area (Å²) in [6.07, 6.45) is 1.09. The van der Waals surface area contributed by atoms with Crippen LogP contribution in [0.15, 0.2) is 24.3 Å². The van der Waals surface area contributed by atoms with Crippen molar-refractivity contribution in [3.63, 3.8) is 0 Å². The van der Waals surface area contributed by atoms with E-state index >= 15 is 0 Å². The van der Waals surface area contributed by atoms with Crippen LogP contribution in [0.5, 0.6) is 0 Å². The second kappa shape index (κ2) is 6.40. The highest BCUT2D eigenvalue weighted by Gasteiger charge is 2.16. The van der Waals surface area contributed by atoms with Crippen LogP contribution < -0.4 is 5.73 Å². The molecule has 0 radical (unpaired) electrons. The van der Waals surface area contributed by atoms with Crippen LogP contribution in [0.1, 0.15) is 37.3 Å². The number of carboxylic acids is 1. The van der Waals surface area contributed by atoms with Crippen LogP contribution in [0.2, 0.25) is 0 Å². The Morgan fingerprint density at radius 2 is 1.88 bits per heavy atom. The highest BCUT2D eigenvalue weighted by Crippen LogP contribution is 2.17. The SMILES string of the molecule is CC(C)c1ccc(CC(CCN)C(=O)O)cc1. The normalized spacial score (nSPS) is 12.7. The van der Waals surface area contributed by atoms with Gasteiger partial charge in [0, 0.05) is 0 Å². The largest absolute Gasteiger partial charge is 0.481 e. The van der Waals surface area contributed by atoms with Crippen molar-refractivity contribution >= 4 is 5.97 Å². The van der Waals surface area contributed by atoms with Crippen LogP contribution >= 0.6 is 0 Å². The van der Waals surface area contributed by atoms with E-state index in [0.29, 0.717) is 25.3 Å². The van der Waals surface area contributed by atoms with Crippen molar-refractivity contribution in [1.29, 1.82) is 0 Å². The van der Waals surface area contributed by atoms with E-state index in [1.54, 1.807) is 0 Å². The van der Waals surface area contributed by atoms with Gasteiger partial charge in [-0.25, -0.2) is 0 Å².